The maximum atomic E-state index is 12.5. The van der Waals surface area contributed by atoms with Gasteiger partial charge in [-0.15, -0.1) is 0 Å². The van der Waals surface area contributed by atoms with E-state index in [1.54, 1.807) is 23.9 Å². The Morgan fingerprint density at radius 3 is 2.88 bits per heavy atom. The lowest BCUT2D eigenvalue weighted by Crippen LogP contribution is -2.51. The van der Waals surface area contributed by atoms with Gasteiger partial charge in [0.25, 0.3) is 10.0 Å². The molecule has 0 aromatic carbocycles. The second-order valence-electron chi connectivity index (χ2n) is 5.76. The molecular formula is C15H20N4O4S. The molecule has 0 amide bonds. The molecule has 0 saturated carbocycles. The summed E-state index contributed by atoms with van der Waals surface area (Å²) in [5.74, 6) is 0.582. The number of nitrogens with zero attached hydrogens (tertiary/aromatic N) is 3. The molecule has 2 atom stereocenters. The first kappa shape index (κ1) is 16.9. The Hall–Kier alpha value is -1.97. The van der Waals surface area contributed by atoms with Crippen LogP contribution in [0.4, 0.5) is 0 Å². The van der Waals surface area contributed by atoms with Crippen molar-refractivity contribution in [3.05, 3.63) is 36.5 Å². The Morgan fingerprint density at radius 2 is 2.21 bits per heavy atom. The molecule has 9 heteroatoms. The third-order valence-corrected chi connectivity index (χ3v) is 5.11. The number of aryl methyl sites for hydroxylation is 2. The van der Waals surface area contributed by atoms with Gasteiger partial charge < -0.3 is 14.0 Å². The number of hydrogen-bond acceptors (Lipinski definition) is 6. The minimum absolute atomic E-state index is 0.00718. The Bertz CT molecular complexity index is 788. The van der Waals surface area contributed by atoms with Gasteiger partial charge in [0.1, 0.15) is 11.9 Å². The highest BCUT2D eigenvalue weighted by molar-refractivity contribution is 7.89. The van der Waals surface area contributed by atoms with Crippen LogP contribution in [0, 0.1) is 6.92 Å². The molecule has 1 fully saturated rings. The van der Waals surface area contributed by atoms with Crippen LogP contribution in [0.15, 0.2) is 35.9 Å². The van der Waals surface area contributed by atoms with Crippen LogP contribution in [0.25, 0.3) is 0 Å². The van der Waals surface area contributed by atoms with Crippen molar-refractivity contribution in [3.63, 3.8) is 0 Å². The maximum absolute atomic E-state index is 12.5. The van der Waals surface area contributed by atoms with Crippen molar-refractivity contribution in [1.29, 1.82) is 0 Å². The molecule has 1 aliphatic heterocycles. The molecule has 3 heterocycles. The van der Waals surface area contributed by atoms with Gasteiger partial charge in [-0.2, -0.15) is 0 Å². The maximum Gasteiger partial charge on any atom is 0.259 e. The molecule has 0 aliphatic carbocycles. The second-order valence-corrected chi connectivity index (χ2v) is 7.42. The third kappa shape index (κ3) is 3.92. The van der Waals surface area contributed by atoms with E-state index in [2.05, 4.69) is 14.7 Å². The highest BCUT2D eigenvalue weighted by atomic mass is 32.2. The van der Waals surface area contributed by atoms with Gasteiger partial charge in [-0.05, 0) is 25.5 Å². The Labute approximate surface area is 140 Å². The zero-order valence-corrected chi connectivity index (χ0v) is 14.4. The summed E-state index contributed by atoms with van der Waals surface area (Å²) < 4.78 is 40.5. The van der Waals surface area contributed by atoms with Crippen LogP contribution >= 0.6 is 0 Å². The SMILES string of the molecule is Cc1ccc(O[C@@H]2COCC[C@@H]2NS(=O)(=O)c2cn(C)cn2)cn1. The van der Waals surface area contributed by atoms with E-state index >= 15 is 0 Å². The molecule has 3 rings (SSSR count). The zero-order valence-electron chi connectivity index (χ0n) is 13.5. The molecule has 24 heavy (non-hydrogen) atoms. The van der Waals surface area contributed by atoms with Crippen LogP contribution < -0.4 is 9.46 Å². The van der Waals surface area contributed by atoms with E-state index in [4.69, 9.17) is 9.47 Å². The summed E-state index contributed by atoms with van der Waals surface area (Å²) in [7, 11) is -1.99. The number of pyridine rings is 1. The monoisotopic (exact) mass is 352 g/mol. The minimum Gasteiger partial charge on any atom is -0.485 e. The van der Waals surface area contributed by atoms with E-state index in [0.717, 1.165) is 5.69 Å². The van der Waals surface area contributed by atoms with Crippen LogP contribution in [-0.2, 0) is 21.8 Å². The summed E-state index contributed by atoms with van der Waals surface area (Å²) in [6.45, 7) is 2.67. The molecule has 1 saturated heterocycles. The molecule has 0 spiro atoms. The quantitative estimate of drug-likeness (QED) is 0.848. The lowest BCUT2D eigenvalue weighted by molar-refractivity contribution is -0.00942. The first-order chi connectivity index (χ1) is 11.4. The Balaban J connectivity index is 1.73. The molecule has 1 N–H and O–H groups in total. The van der Waals surface area contributed by atoms with Gasteiger partial charge >= 0.3 is 0 Å². The number of imidazole rings is 1. The molecule has 2 aromatic rings. The number of ether oxygens (including phenoxy) is 2. The predicted molar refractivity (Wildman–Crippen MR) is 86.1 cm³/mol. The molecule has 130 valence electrons. The van der Waals surface area contributed by atoms with E-state index in [1.807, 2.05) is 13.0 Å². The topological polar surface area (TPSA) is 95.3 Å². The molecule has 1 aliphatic rings. The Kier molecular flexibility index (Phi) is 4.83. The van der Waals surface area contributed by atoms with E-state index in [9.17, 15) is 8.42 Å². The Morgan fingerprint density at radius 1 is 1.38 bits per heavy atom. The lowest BCUT2D eigenvalue weighted by atomic mass is 10.1. The van der Waals surface area contributed by atoms with Crippen LogP contribution in [0.3, 0.4) is 0 Å². The molecule has 2 aromatic heterocycles. The average Bonchev–Trinajstić information content (AvgIpc) is 2.99. The molecule has 0 unspecified atom stereocenters. The van der Waals surface area contributed by atoms with E-state index < -0.39 is 22.2 Å². The number of nitrogens with one attached hydrogen (secondary N) is 1. The minimum atomic E-state index is -3.70. The molecule has 0 bridgehead atoms. The fourth-order valence-corrected chi connectivity index (χ4v) is 3.73. The van der Waals surface area contributed by atoms with Crippen LogP contribution in [0.1, 0.15) is 12.1 Å². The summed E-state index contributed by atoms with van der Waals surface area (Å²) in [6.07, 6.45) is 4.62. The zero-order chi connectivity index (χ0) is 17.2. The summed E-state index contributed by atoms with van der Waals surface area (Å²) in [5, 5.41) is -0.00718. The molecular weight excluding hydrogens is 332 g/mol. The van der Waals surface area contributed by atoms with Crippen molar-refractivity contribution in [3.8, 4) is 5.75 Å². The van der Waals surface area contributed by atoms with Gasteiger partial charge in [0.05, 0.1) is 25.2 Å². The van der Waals surface area contributed by atoms with Gasteiger partial charge in [-0.3, -0.25) is 4.98 Å². The highest BCUT2D eigenvalue weighted by Crippen LogP contribution is 2.19. The van der Waals surface area contributed by atoms with Crippen molar-refractivity contribution in [2.45, 2.75) is 30.5 Å². The highest BCUT2D eigenvalue weighted by Gasteiger charge is 2.32. The largest absolute Gasteiger partial charge is 0.485 e. The van der Waals surface area contributed by atoms with Crippen molar-refractivity contribution < 1.29 is 17.9 Å². The molecule has 8 nitrogen and oxygen atoms in total. The van der Waals surface area contributed by atoms with E-state index in [-0.39, 0.29) is 5.03 Å². The van der Waals surface area contributed by atoms with Crippen LogP contribution in [0.2, 0.25) is 0 Å². The number of aromatic nitrogens is 3. The van der Waals surface area contributed by atoms with Crippen molar-refractivity contribution in [2.75, 3.05) is 13.2 Å². The van der Waals surface area contributed by atoms with Gasteiger partial charge in [0.15, 0.2) is 5.03 Å². The summed E-state index contributed by atoms with van der Waals surface area (Å²) in [6, 6.07) is 3.25. The number of sulfonamides is 1. The fourth-order valence-electron chi connectivity index (χ4n) is 2.45. The fraction of sp³-hybridized carbons (Fsp3) is 0.467. The molecule has 0 radical (unpaired) electrons. The van der Waals surface area contributed by atoms with Gasteiger partial charge in [0.2, 0.25) is 0 Å². The standard InChI is InChI=1S/C15H20N4O4S/c1-11-3-4-12(7-16-11)23-14-9-22-6-5-13(14)18-24(20,21)15-8-19(2)10-17-15/h3-4,7-8,10,13-14,18H,5-6,9H2,1-2H3/t13-,14+/m0/s1. The van der Waals surface area contributed by atoms with Gasteiger partial charge in [-0.1, -0.05) is 0 Å². The van der Waals surface area contributed by atoms with E-state index in [0.29, 0.717) is 25.4 Å². The van der Waals surface area contributed by atoms with Crippen LogP contribution in [-0.4, -0.2) is 48.3 Å². The van der Waals surface area contributed by atoms with Gasteiger partial charge in [-0.25, -0.2) is 18.1 Å². The van der Waals surface area contributed by atoms with Crippen molar-refractivity contribution in [2.24, 2.45) is 7.05 Å². The second kappa shape index (κ2) is 6.88. The summed E-state index contributed by atoms with van der Waals surface area (Å²) in [5.41, 5.74) is 0.884. The summed E-state index contributed by atoms with van der Waals surface area (Å²) >= 11 is 0. The first-order valence-electron chi connectivity index (χ1n) is 7.61. The lowest BCUT2D eigenvalue weighted by Gasteiger charge is -2.31. The van der Waals surface area contributed by atoms with Crippen molar-refractivity contribution in [1.82, 2.24) is 19.3 Å². The smallest absolute Gasteiger partial charge is 0.259 e. The average molecular weight is 352 g/mol. The summed E-state index contributed by atoms with van der Waals surface area (Å²) in [4.78, 5) is 8.08. The predicted octanol–water partition coefficient (Wildman–Crippen LogP) is 0.638. The van der Waals surface area contributed by atoms with Gasteiger partial charge in [0, 0.05) is 25.5 Å². The van der Waals surface area contributed by atoms with Crippen LogP contribution in [0.5, 0.6) is 5.75 Å². The normalized spacial score (nSPS) is 21.6. The third-order valence-electron chi connectivity index (χ3n) is 3.74. The van der Waals surface area contributed by atoms with Crippen molar-refractivity contribution >= 4 is 10.0 Å². The number of hydrogen-bond donors (Lipinski definition) is 1. The number of rotatable bonds is 5. The first-order valence-corrected chi connectivity index (χ1v) is 9.10. The van der Waals surface area contributed by atoms with E-state index in [1.165, 1.54) is 12.5 Å².